The van der Waals surface area contributed by atoms with Crippen LogP contribution in [0.2, 0.25) is 0 Å². The lowest BCUT2D eigenvalue weighted by molar-refractivity contribution is -0.112. The van der Waals surface area contributed by atoms with Crippen LogP contribution in [0.4, 0.5) is 5.69 Å². The van der Waals surface area contributed by atoms with Crippen LogP contribution in [0.5, 0.6) is 5.75 Å². The van der Waals surface area contributed by atoms with E-state index in [0.717, 1.165) is 29.1 Å². The van der Waals surface area contributed by atoms with E-state index < -0.39 is 5.91 Å². The Morgan fingerprint density at radius 1 is 1.30 bits per heavy atom. The molecule has 5 heteroatoms. The number of hydrogen-bond donors (Lipinski definition) is 1. The van der Waals surface area contributed by atoms with Gasteiger partial charge in [-0.1, -0.05) is 19.9 Å². The Hall–Kier alpha value is -3.00. The van der Waals surface area contributed by atoms with Gasteiger partial charge in [0.15, 0.2) is 0 Å². The summed E-state index contributed by atoms with van der Waals surface area (Å²) in [4.78, 5) is 12.6. The number of benzene rings is 1. The molecule has 0 saturated heterocycles. The maximum Gasteiger partial charge on any atom is 0.266 e. The Balaban J connectivity index is 2.33. The highest BCUT2D eigenvalue weighted by atomic mass is 16.5. The van der Waals surface area contributed by atoms with Gasteiger partial charge in [-0.05, 0) is 62.1 Å². The molecule has 0 aliphatic rings. The molecular weight excluding hydrogens is 338 g/mol. The summed E-state index contributed by atoms with van der Waals surface area (Å²) in [5, 5.41) is 12.3. The highest BCUT2D eigenvalue weighted by molar-refractivity contribution is 6.10. The van der Waals surface area contributed by atoms with E-state index in [9.17, 15) is 10.1 Å². The normalized spacial score (nSPS) is 11.4. The largest absolute Gasteiger partial charge is 0.495 e. The third-order valence-corrected chi connectivity index (χ3v) is 4.43. The zero-order valence-electron chi connectivity index (χ0n) is 16.9. The van der Waals surface area contributed by atoms with Gasteiger partial charge in [-0.25, -0.2) is 0 Å². The van der Waals surface area contributed by atoms with Crippen LogP contribution in [-0.2, 0) is 11.3 Å². The van der Waals surface area contributed by atoms with Crippen LogP contribution in [0.25, 0.3) is 6.08 Å². The number of hydrogen-bond acceptors (Lipinski definition) is 3. The number of carbonyl (C=O) groups excluding carboxylic acids is 1. The van der Waals surface area contributed by atoms with Crippen molar-refractivity contribution < 1.29 is 9.53 Å². The summed E-state index contributed by atoms with van der Waals surface area (Å²) in [6, 6.07) is 9.54. The molecule has 0 spiro atoms. The number of amides is 1. The summed E-state index contributed by atoms with van der Waals surface area (Å²) in [7, 11) is 1.55. The number of anilines is 1. The van der Waals surface area contributed by atoms with E-state index in [1.165, 1.54) is 0 Å². The summed E-state index contributed by atoms with van der Waals surface area (Å²) < 4.78 is 7.50. The second-order valence-corrected chi connectivity index (χ2v) is 7.16. The molecule has 27 heavy (non-hydrogen) atoms. The van der Waals surface area contributed by atoms with Gasteiger partial charge in [0.25, 0.3) is 5.91 Å². The fraction of sp³-hybridized carbons (Fsp3) is 0.364. The highest BCUT2D eigenvalue weighted by Crippen LogP contribution is 2.26. The summed E-state index contributed by atoms with van der Waals surface area (Å²) in [5.74, 6) is 0.621. The molecule has 0 aliphatic carbocycles. The average Bonchev–Trinajstić information content (AvgIpc) is 2.86. The quantitative estimate of drug-likeness (QED) is 0.600. The van der Waals surface area contributed by atoms with E-state index >= 15 is 0 Å². The number of carbonyl (C=O) groups is 1. The van der Waals surface area contributed by atoms with Crippen LogP contribution in [0.15, 0.2) is 29.8 Å². The fourth-order valence-corrected chi connectivity index (χ4v) is 3.03. The van der Waals surface area contributed by atoms with Gasteiger partial charge in [0.2, 0.25) is 0 Å². The molecule has 1 amide bonds. The lowest BCUT2D eigenvalue weighted by atomic mass is 10.1. The molecular formula is C22H27N3O2. The lowest BCUT2D eigenvalue weighted by Crippen LogP contribution is -2.14. The van der Waals surface area contributed by atoms with Crippen LogP contribution in [0.1, 0.15) is 36.4 Å². The first-order valence-corrected chi connectivity index (χ1v) is 9.01. The van der Waals surface area contributed by atoms with Crippen molar-refractivity contribution in [3.63, 3.8) is 0 Å². The van der Waals surface area contributed by atoms with Gasteiger partial charge in [0.1, 0.15) is 17.4 Å². The molecule has 0 atom stereocenters. The SMILES string of the molecule is COc1ccc(C)cc1NC(=O)/C(C#N)=C/c1cc(C)n(CC(C)C)c1C. The number of aryl methyl sites for hydroxylation is 2. The molecule has 0 bridgehead atoms. The Morgan fingerprint density at radius 3 is 2.59 bits per heavy atom. The zero-order valence-corrected chi connectivity index (χ0v) is 16.9. The molecule has 2 aromatic rings. The van der Waals surface area contributed by atoms with Crippen LogP contribution in [0, 0.1) is 38.0 Å². The van der Waals surface area contributed by atoms with Gasteiger partial charge in [0.05, 0.1) is 12.8 Å². The van der Waals surface area contributed by atoms with E-state index in [-0.39, 0.29) is 5.57 Å². The minimum absolute atomic E-state index is 0.0587. The van der Waals surface area contributed by atoms with Gasteiger partial charge in [-0.2, -0.15) is 5.26 Å². The number of rotatable bonds is 6. The Morgan fingerprint density at radius 2 is 2.00 bits per heavy atom. The fourth-order valence-electron chi connectivity index (χ4n) is 3.03. The molecule has 0 aliphatic heterocycles. The second-order valence-electron chi connectivity index (χ2n) is 7.16. The molecule has 2 rings (SSSR count). The predicted octanol–water partition coefficient (Wildman–Crippen LogP) is 4.62. The highest BCUT2D eigenvalue weighted by Gasteiger charge is 2.15. The van der Waals surface area contributed by atoms with Crippen molar-refractivity contribution in [1.82, 2.24) is 4.57 Å². The monoisotopic (exact) mass is 365 g/mol. The smallest absolute Gasteiger partial charge is 0.266 e. The minimum atomic E-state index is -0.449. The Kier molecular flexibility index (Phi) is 6.46. The van der Waals surface area contributed by atoms with Crippen molar-refractivity contribution in [2.45, 2.75) is 41.2 Å². The third-order valence-electron chi connectivity index (χ3n) is 4.43. The number of nitrogens with zero attached hydrogens (tertiary/aromatic N) is 2. The molecule has 1 aromatic heterocycles. The maximum absolute atomic E-state index is 12.6. The molecule has 142 valence electrons. The van der Waals surface area contributed by atoms with Crippen molar-refractivity contribution in [3.8, 4) is 11.8 Å². The summed E-state index contributed by atoms with van der Waals surface area (Å²) in [5.41, 5.74) is 4.65. The van der Waals surface area contributed by atoms with Gasteiger partial charge in [-0.3, -0.25) is 4.79 Å². The van der Waals surface area contributed by atoms with Crippen LogP contribution in [0.3, 0.4) is 0 Å². The Bertz CT molecular complexity index is 914. The van der Waals surface area contributed by atoms with Gasteiger partial charge < -0.3 is 14.6 Å². The molecule has 1 heterocycles. The van der Waals surface area contributed by atoms with Crippen molar-refractivity contribution in [2.24, 2.45) is 5.92 Å². The van der Waals surface area contributed by atoms with E-state index in [1.807, 2.05) is 45.0 Å². The van der Waals surface area contributed by atoms with Crippen molar-refractivity contribution in [1.29, 1.82) is 5.26 Å². The van der Waals surface area contributed by atoms with E-state index in [2.05, 4.69) is 23.7 Å². The number of aromatic nitrogens is 1. The van der Waals surface area contributed by atoms with E-state index in [0.29, 0.717) is 17.4 Å². The molecule has 0 unspecified atom stereocenters. The zero-order chi connectivity index (χ0) is 20.1. The molecule has 0 saturated carbocycles. The van der Waals surface area contributed by atoms with Crippen molar-refractivity contribution >= 4 is 17.7 Å². The van der Waals surface area contributed by atoms with Crippen LogP contribution >= 0.6 is 0 Å². The predicted molar refractivity (Wildman–Crippen MR) is 109 cm³/mol. The van der Waals surface area contributed by atoms with E-state index in [4.69, 9.17) is 4.74 Å². The topological polar surface area (TPSA) is 67.0 Å². The first-order chi connectivity index (χ1) is 12.8. The van der Waals surface area contributed by atoms with Gasteiger partial charge >= 0.3 is 0 Å². The maximum atomic E-state index is 12.6. The number of nitriles is 1. The molecule has 0 fully saturated rings. The van der Waals surface area contributed by atoms with Gasteiger partial charge in [0, 0.05) is 17.9 Å². The van der Waals surface area contributed by atoms with Crippen molar-refractivity contribution in [2.75, 3.05) is 12.4 Å². The van der Waals surface area contributed by atoms with Crippen molar-refractivity contribution in [3.05, 3.63) is 52.4 Å². The molecule has 1 N–H and O–H groups in total. The number of methoxy groups -OCH3 is 1. The average molecular weight is 365 g/mol. The van der Waals surface area contributed by atoms with Crippen LogP contribution < -0.4 is 10.1 Å². The third kappa shape index (κ3) is 4.79. The van der Waals surface area contributed by atoms with Crippen LogP contribution in [-0.4, -0.2) is 17.6 Å². The lowest BCUT2D eigenvalue weighted by Gasteiger charge is -2.12. The molecule has 5 nitrogen and oxygen atoms in total. The first kappa shape index (κ1) is 20.3. The minimum Gasteiger partial charge on any atom is -0.495 e. The Labute approximate surface area is 161 Å². The number of ether oxygens (including phenoxy) is 1. The second kappa shape index (κ2) is 8.59. The van der Waals surface area contributed by atoms with Gasteiger partial charge in [-0.15, -0.1) is 0 Å². The molecule has 0 radical (unpaired) electrons. The summed E-state index contributed by atoms with van der Waals surface area (Å²) in [6.45, 7) is 11.2. The summed E-state index contributed by atoms with van der Waals surface area (Å²) >= 11 is 0. The number of nitrogens with one attached hydrogen (secondary N) is 1. The molecule has 1 aromatic carbocycles. The first-order valence-electron chi connectivity index (χ1n) is 9.01. The summed E-state index contributed by atoms with van der Waals surface area (Å²) in [6.07, 6.45) is 1.65. The van der Waals surface area contributed by atoms with E-state index in [1.54, 1.807) is 19.3 Å². The standard InChI is InChI=1S/C22H27N3O2/c1-14(2)13-25-16(4)10-18(17(25)5)11-19(12-23)22(26)24-20-9-15(3)7-8-21(20)27-6/h7-11,14H,13H2,1-6H3,(H,24,26)/b19-11+.